The number of aromatic nitrogens is 2. The van der Waals surface area contributed by atoms with Gasteiger partial charge in [0.25, 0.3) is 0 Å². The maximum absolute atomic E-state index is 11.9. The summed E-state index contributed by atoms with van der Waals surface area (Å²) in [6.07, 6.45) is 9.88. The van der Waals surface area contributed by atoms with Gasteiger partial charge in [-0.1, -0.05) is 32.6 Å². The van der Waals surface area contributed by atoms with Crippen LogP contribution in [-0.2, 0) is 11.2 Å². The van der Waals surface area contributed by atoms with Crippen LogP contribution in [0.15, 0.2) is 6.20 Å². The van der Waals surface area contributed by atoms with E-state index in [0.717, 1.165) is 17.9 Å². The van der Waals surface area contributed by atoms with Crippen LogP contribution in [0.4, 0.5) is 0 Å². The first kappa shape index (κ1) is 14.9. The van der Waals surface area contributed by atoms with Crippen molar-refractivity contribution in [2.45, 2.75) is 64.7 Å². The molecule has 0 atom stereocenters. The number of carbonyl (C=O) groups excluding carboxylic acids is 1. The molecule has 1 aliphatic carbocycles. The lowest BCUT2D eigenvalue weighted by molar-refractivity contribution is 0.0524. The highest BCUT2D eigenvalue weighted by Gasteiger charge is 2.20. The molecular weight excluding hydrogens is 252 g/mol. The third-order valence-electron chi connectivity index (χ3n) is 3.94. The Kier molecular flexibility index (Phi) is 5.50. The normalized spacial score (nSPS) is 16.7. The summed E-state index contributed by atoms with van der Waals surface area (Å²) >= 11 is 0. The third kappa shape index (κ3) is 3.56. The summed E-state index contributed by atoms with van der Waals surface area (Å²) in [6, 6.07) is 0. The molecule has 4 nitrogen and oxygen atoms in total. The van der Waals surface area contributed by atoms with Gasteiger partial charge in [-0.25, -0.2) is 14.8 Å². The lowest BCUT2D eigenvalue weighted by Crippen LogP contribution is -2.13. The van der Waals surface area contributed by atoms with Gasteiger partial charge in [0, 0.05) is 12.1 Å². The highest BCUT2D eigenvalue weighted by Crippen LogP contribution is 2.29. The van der Waals surface area contributed by atoms with Gasteiger partial charge in [-0.2, -0.15) is 0 Å². The molecule has 0 bridgehead atoms. The minimum absolute atomic E-state index is 0.309. The Morgan fingerprint density at radius 1 is 1.25 bits per heavy atom. The van der Waals surface area contributed by atoms with Gasteiger partial charge in [-0.05, 0) is 26.2 Å². The minimum atomic E-state index is -0.309. The standard InChI is InChI=1S/C16H24N2O2/c1-3-14-13(16(19)20-4-2)11-17-15(18-14)12-9-7-5-6-8-10-12/h11-12H,3-10H2,1-2H3. The molecule has 0 aliphatic heterocycles. The maximum atomic E-state index is 11.9. The Bertz CT molecular complexity index is 452. The molecular formula is C16H24N2O2. The summed E-state index contributed by atoms with van der Waals surface area (Å²) in [5, 5.41) is 0. The van der Waals surface area contributed by atoms with E-state index < -0.39 is 0 Å². The van der Waals surface area contributed by atoms with Crippen LogP contribution in [0.1, 0.15) is 80.2 Å². The number of nitrogens with zero attached hydrogens (tertiary/aromatic N) is 2. The monoisotopic (exact) mass is 276 g/mol. The van der Waals surface area contributed by atoms with E-state index >= 15 is 0 Å². The molecule has 0 amide bonds. The van der Waals surface area contributed by atoms with Crippen LogP contribution in [0.25, 0.3) is 0 Å². The van der Waals surface area contributed by atoms with Crippen molar-refractivity contribution in [3.05, 3.63) is 23.3 Å². The lowest BCUT2D eigenvalue weighted by atomic mass is 9.99. The van der Waals surface area contributed by atoms with Gasteiger partial charge in [-0.15, -0.1) is 0 Å². The summed E-state index contributed by atoms with van der Waals surface area (Å²) in [5.74, 6) is 1.06. The highest BCUT2D eigenvalue weighted by atomic mass is 16.5. The molecule has 0 radical (unpaired) electrons. The van der Waals surface area contributed by atoms with Crippen LogP contribution in [0.2, 0.25) is 0 Å². The van der Waals surface area contributed by atoms with E-state index in [1.807, 2.05) is 13.8 Å². The van der Waals surface area contributed by atoms with E-state index in [2.05, 4.69) is 9.97 Å². The van der Waals surface area contributed by atoms with Crippen molar-refractivity contribution >= 4 is 5.97 Å². The average Bonchev–Trinajstić information content (AvgIpc) is 2.76. The van der Waals surface area contributed by atoms with Gasteiger partial charge in [-0.3, -0.25) is 0 Å². The first-order valence-corrected chi connectivity index (χ1v) is 7.79. The van der Waals surface area contributed by atoms with Gasteiger partial charge < -0.3 is 4.74 Å². The Morgan fingerprint density at radius 3 is 2.55 bits per heavy atom. The predicted molar refractivity (Wildman–Crippen MR) is 77.8 cm³/mol. The van der Waals surface area contributed by atoms with Gasteiger partial charge in [0.2, 0.25) is 0 Å². The summed E-state index contributed by atoms with van der Waals surface area (Å²) in [5.41, 5.74) is 1.34. The molecule has 0 aromatic carbocycles. The van der Waals surface area contributed by atoms with E-state index in [0.29, 0.717) is 18.1 Å². The Hall–Kier alpha value is -1.45. The van der Waals surface area contributed by atoms with Crippen molar-refractivity contribution < 1.29 is 9.53 Å². The fourth-order valence-corrected chi connectivity index (χ4v) is 2.82. The molecule has 4 heteroatoms. The molecule has 2 rings (SSSR count). The fourth-order valence-electron chi connectivity index (χ4n) is 2.82. The zero-order valence-electron chi connectivity index (χ0n) is 12.5. The SMILES string of the molecule is CCOC(=O)c1cnc(C2CCCCCC2)nc1CC. The Labute approximate surface area is 121 Å². The van der Waals surface area contributed by atoms with E-state index in [1.165, 1.54) is 38.5 Å². The average molecular weight is 276 g/mol. The van der Waals surface area contributed by atoms with Crippen LogP contribution >= 0.6 is 0 Å². The molecule has 1 heterocycles. The van der Waals surface area contributed by atoms with Crippen LogP contribution in [0.3, 0.4) is 0 Å². The van der Waals surface area contributed by atoms with E-state index in [4.69, 9.17) is 4.74 Å². The zero-order valence-corrected chi connectivity index (χ0v) is 12.5. The fraction of sp³-hybridized carbons (Fsp3) is 0.688. The lowest BCUT2D eigenvalue weighted by Gasteiger charge is -2.14. The number of aryl methyl sites for hydroxylation is 1. The number of carbonyl (C=O) groups is 1. The Balaban J connectivity index is 2.21. The second-order valence-corrected chi connectivity index (χ2v) is 5.35. The molecule has 0 spiro atoms. The highest BCUT2D eigenvalue weighted by molar-refractivity contribution is 5.90. The van der Waals surface area contributed by atoms with Crippen LogP contribution in [0.5, 0.6) is 0 Å². The summed E-state index contributed by atoms with van der Waals surface area (Å²) < 4.78 is 5.06. The van der Waals surface area contributed by atoms with E-state index in [-0.39, 0.29) is 5.97 Å². The van der Waals surface area contributed by atoms with E-state index in [1.54, 1.807) is 6.20 Å². The molecule has 110 valence electrons. The smallest absolute Gasteiger partial charge is 0.341 e. The third-order valence-corrected chi connectivity index (χ3v) is 3.94. The summed E-state index contributed by atoms with van der Waals surface area (Å²) in [6.45, 7) is 4.21. The molecule has 0 N–H and O–H groups in total. The maximum Gasteiger partial charge on any atom is 0.341 e. The van der Waals surface area contributed by atoms with Gasteiger partial charge in [0.1, 0.15) is 5.82 Å². The van der Waals surface area contributed by atoms with Crippen molar-refractivity contribution in [2.75, 3.05) is 6.61 Å². The largest absolute Gasteiger partial charge is 0.462 e. The number of esters is 1. The Morgan fingerprint density at radius 2 is 1.95 bits per heavy atom. The van der Waals surface area contributed by atoms with Crippen molar-refractivity contribution in [3.8, 4) is 0 Å². The number of rotatable bonds is 4. The molecule has 1 saturated carbocycles. The minimum Gasteiger partial charge on any atom is -0.462 e. The summed E-state index contributed by atoms with van der Waals surface area (Å²) in [7, 11) is 0. The molecule has 1 aliphatic rings. The molecule has 0 unspecified atom stereocenters. The van der Waals surface area contributed by atoms with Gasteiger partial charge in [0.15, 0.2) is 0 Å². The number of hydrogen-bond acceptors (Lipinski definition) is 4. The molecule has 20 heavy (non-hydrogen) atoms. The topological polar surface area (TPSA) is 52.1 Å². The molecule has 0 saturated heterocycles. The van der Waals surface area contributed by atoms with Crippen LogP contribution < -0.4 is 0 Å². The number of hydrogen-bond donors (Lipinski definition) is 0. The van der Waals surface area contributed by atoms with Crippen molar-refractivity contribution in [1.82, 2.24) is 9.97 Å². The summed E-state index contributed by atoms with van der Waals surface area (Å²) in [4.78, 5) is 21.0. The first-order chi connectivity index (χ1) is 9.76. The van der Waals surface area contributed by atoms with Gasteiger partial charge >= 0.3 is 5.97 Å². The second-order valence-electron chi connectivity index (χ2n) is 5.35. The second kappa shape index (κ2) is 7.36. The van der Waals surface area contributed by atoms with E-state index in [9.17, 15) is 4.79 Å². The van der Waals surface area contributed by atoms with Crippen LogP contribution in [0, 0.1) is 0 Å². The van der Waals surface area contributed by atoms with Crippen molar-refractivity contribution in [3.63, 3.8) is 0 Å². The first-order valence-electron chi connectivity index (χ1n) is 7.79. The van der Waals surface area contributed by atoms with Crippen molar-refractivity contribution in [1.29, 1.82) is 0 Å². The number of ether oxygens (including phenoxy) is 1. The van der Waals surface area contributed by atoms with Crippen LogP contribution in [-0.4, -0.2) is 22.5 Å². The zero-order chi connectivity index (χ0) is 14.4. The quantitative estimate of drug-likeness (QED) is 0.622. The molecule has 1 aromatic rings. The van der Waals surface area contributed by atoms with Gasteiger partial charge in [0.05, 0.1) is 17.9 Å². The molecule has 1 fully saturated rings. The van der Waals surface area contributed by atoms with Crippen molar-refractivity contribution in [2.24, 2.45) is 0 Å². The predicted octanol–water partition coefficient (Wildman–Crippen LogP) is 3.65. The molecule has 1 aromatic heterocycles.